The van der Waals surface area contributed by atoms with Crippen LogP contribution < -0.4 is 5.69 Å². The number of nitrogens with zero attached hydrogens (tertiary/aromatic N) is 4. The second kappa shape index (κ2) is 3.18. The van der Waals surface area contributed by atoms with Crippen LogP contribution >= 0.6 is 0 Å². The van der Waals surface area contributed by atoms with Crippen LogP contribution in [0.4, 0.5) is 0 Å². The number of hydrogen-bond acceptors (Lipinski definition) is 3. The molecular weight excluding hydrogens is 192 g/mol. The maximum Gasteiger partial charge on any atom is 0.351 e. The molecule has 0 saturated heterocycles. The van der Waals surface area contributed by atoms with Crippen molar-refractivity contribution in [2.24, 2.45) is 7.05 Å². The molecule has 0 aliphatic rings. The maximum atomic E-state index is 11.6. The lowest BCUT2D eigenvalue weighted by molar-refractivity contribution is 0.732. The van der Waals surface area contributed by atoms with Gasteiger partial charge in [0.2, 0.25) is 0 Å². The lowest BCUT2D eigenvalue weighted by atomic mass is 10.1. The van der Waals surface area contributed by atoms with Crippen molar-refractivity contribution < 1.29 is 0 Å². The quantitative estimate of drug-likeness (QED) is 0.695. The minimum absolute atomic E-state index is 0.157. The normalized spacial score (nSPS) is 11.5. The van der Waals surface area contributed by atoms with Crippen LogP contribution in [0.2, 0.25) is 0 Å². The molecule has 0 N–H and O–H groups in total. The van der Waals surface area contributed by atoms with Crippen LogP contribution in [0.1, 0.15) is 31.0 Å². The molecule has 5 heteroatoms. The summed E-state index contributed by atoms with van der Waals surface area (Å²) in [6, 6.07) is 0. The first-order valence-corrected chi connectivity index (χ1v) is 4.93. The maximum absolute atomic E-state index is 11.6. The highest BCUT2D eigenvalue weighted by atomic mass is 16.2. The third-order valence-electron chi connectivity index (χ3n) is 2.43. The fourth-order valence-corrected chi connectivity index (χ4v) is 1.70. The summed E-state index contributed by atoms with van der Waals surface area (Å²) >= 11 is 0. The molecule has 5 nitrogen and oxygen atoms in total. The summed E-state index contributed by atoms with van der Waals surface area (Å²) in [5.41, 5.74) is 1.86. The molecule has 2 heterocycles. The van der Waals surface area contributed by atoms with Gasteiger partial charge in [-0.15, -0.1) is 5.10 Å². The van der Waals surface area contributed by atoms with E-state index in [0.717, 1.165) is 11.3 Å². The average Bonchev–Trinajstić information content (AvgIpc) is 2.43. The van der Waals surface area contributed by atoms with Crippen LogP contribution in [-0.4, -0.2) is 19.2 Å². The van der Waals surface area contributed by atoms with E-state index in [0.29, 0.717) is 11.7 Å². The van der Waals surface area contributed by atoms with Crippen LogP contribution in [-0.2, 0) is 7.05 Å². The SMILES string of the molecule is Cc1cn2c(=O)n(C)nc2nc1C(C)C. The highest BCUT2D eigenvalue weighted by Gasteiger charge is 2.11. The molecule has 0 radical (unpaired) electrons. The van der Waals surface area contributed by atoms with E-state index in [-0.39, 0.29) is 5.69 Å². The number of aromatic nitrogens is 4. The highest BCUT2D eigenvalue weighted by molar-refractivity contribution is 5.32. The molecule has 0 atom stereocenters. The second-order valence-corrected chi connectivity index (χ2v) is 4.04. The van der Waals surface area contributed by atoms with Gasteiger partial charge in [-0.05, 0) is 18.4 Å². The van der Waals surface area contributed by atoms with E-state index in [1.807, 2.05) is 6.92 Å². The van der Waals surface area contributed by atoms with Gasteiger partial charge in [0, 0.05) is 13.2 Å². The zero-order valence-electron chi connectivity index (χ0n) is 9.35. The third kappa shape index (κ3) is 1.44. The average molecular weight is 206 g/mol. The first-order valence-electron chi connectivity index (χ1n) is 4.93. The van der Waals surface area contributed by atoms with Gasteiger partial charge >= 0.3 is 5.69 Å². The third-order valence-corrected chi connectivity index (χ3v) is 2.43. The van der Waals surface area contributed by atoms with Gasteiger partial charge in [-0.25, -0.2) is 18.9 Å². The van der Waals surface area contributed by atoms with Crippen LogP contribution in [0.3, 0.4) is 0 Å². The van der Waals surface area contributed by atoms with E-state index in [2.05, 4.69) is 23.9 Å². The molecule has 0 amide bonds. The summed E-state index contributed by atoms with van der Waals surface area (Å²) in [6.45, 7) is 6.11. The minimum Gasteiger partial charge on any atom is -0.246 e. The highest BCUT2D eigenvalue weighted by Crippen LogP contribution is 2.15. The van der Waals surface area contributed by atoms with Crippen LogP contribution in [0.15, 0.2) is 11.0 Å². The lowest BCUT2D eigenvalue weighted by Gasteiger charge is -2.07. The molecule has 0 unspecified atom stereocenters. The zero-order chi connectivity index (χ0) is 11.2. The first kappa shape index (κ1) is 9.89. The molecule has 0 aliphatic heterocycles. The van der Waals surface area contributed by atoms with Gasteiger partial charge in [0.25, 0.3) is 5.78 Å². The van der Waals surface area contributed by atoms with Gasteiger partial charge in [0.05, 0.1) is 5.69 Å². The van der Waals surface area contributed by atoms with Gasteiger partial charge in [-0.3, -0.25) is 0 Å². The smallest absolute Gasteiger partial charge is 0.246 e. The summed E-state index contributed by atoms with van der Waals surface area (Å²) < 4.78 is 2.77. The Morgan fingerprint density at radius 2 is 2.07 bits per heavy atom. The van der Waals surface area contributed by atoms with Crippen LogP contribution in [0, 0.1) is 6.92 Å². The molecule has 2 rings (SSSR count). The van der Waals surface area contributed by atoms with E-state index < -0.39 is 0 Å². The molecular formula is C10H14N4O. The summed E-state index contributed by atoms with van der Waals surface area (Å²) in [5.74, 6) is 0.809. The van der Waals surface area contributed by atoms with Crippen molar-refractivity contribution in [2.45, 2.75) is 26.7 Å². The molecule has 2 aromatic rings. The Morgan fingerprint density at radius 3 is 2.67 bits per heavy atom. The Labute approximate surface area is 87.4 Å². The number of rotatable bonds is 1. The van der Waals surface area contributed by atoms with Gasteiger partial charge in [0.15, 0.2) is 0 Å². The molecule has 0 saturated carbocycles. The van der Waals surface area contributed by atoms with Gasteiger partial charge in [-0.1, -0.05) is 13.8 Å². The van der Waals surface area contributed by atoms with Gasteiger partial charge in [-0.2, -0.15) is 0 Å². The summed E-state index contributed by atoms with van der Waals surface area (Å²) in [5, 5.41) is 4.05. The summed E-state index contributed by atoms with van der Waals surface area (Å²) in [7, 11) is 1.63. The van der Waals surface area contributed by atoms with E-state index in [1.165, 1.54) is 9.08 Å². The minimum atomic E-state index is -0.157. The Hall–Kier alpha value is -1.65. The summed E-state index contributed by atoms with van der Waals surface area (Å²) in [4.78, 5) is 16.0. The predicted molar refractivity (Wildman–Crippen MR) is 57.1 cm³/mol. The molecule has 0 aliphatic carbocycles. The number of aryl methyl sites for hydroxylation is 2. The lowest BCUT2D eigenvalue weighted by Crippen LogP contribution is -2.18. The van der Waals surface area contributed by atoms with Crippen molar-refractivity contribution in [1.82, 2.24) is 19.2 Å². The van der Waals surface area contributed by atoms with E-state index in [9.17, 15) is 4.79 Å². The Bertz CT molecular complexity index is 565. The molecule has 15 heavy (non-hydrogen) atoms. The van der Waals surface area contributed by atoms with Gasteiger partial charge in [0.1, 0.15) is 0 Å². The van der Waals surface area contributed by atoms with Crippen molar-refractivity contribution in [3.8, 4) is 0 Å². The molecule has 80 valence electrons. The molecule has 0 spiro atoms. The zero-order valence-corrected chi connectivity index (χ0v) is 9.35. The molecule has 2 aromatic heterocycles. The van der Waals surface area contributed by atoms with E-state index in [1.54, 1.807) is 13.2 Å². The van der Waals surface area contributed by atoms with Crippen molar-refractivity contribution in [3.63, 3.8) is 0 Å². The Morgan fingerprint density at radius 1 is 1.40 bits per heavy atom. The Kier molecular flexibility index (Phi) is 2.10. The molecule has 0 aromatic carbocycles. The van der Waals surface area contributed by atoms with Crippen molar-refractivity contribution in [1.29, 1.82) is 0 Å². The fourth-order valence-electron chi connectivity index (χ4n) is 1.70. The van der Waals surface area contributed by atoms with Crippen molar-refractivity contribution in [3.05, 3.63) is 27.9 Å². The van der Waals surface area contributed by atoms with Crippen LogP contribution in [0.5, 0.6) is 0 Å². The number of fused-ring (bicyclic) bond motifs is 1. The topological polar surface area (TPSA) is 52.2 Å². The second-order valence-electron chi connectivity index (χ2n) is 4.04. The monoisotopic (exact) mass is 206 g/mol. The largest absolute Gasteiger partial charge is 0.351 e. The predicted octanol–water partition coefficient (Wildman–Crippen LogP) is 0.860. The van der Waals surface area contributed by atoms with E-state index >= 15 is 0 Å². The molecule has 0 bridgehead atoms. The summed E-state index contributed by atoms with van der Waals surface area (Å²) in [6.07, 6.45) is 1.80. The standard InChI is InChI=1S/C10H14N4O/c1-6(2)8-7(3)5-14-9(11-8)12-13(4)10(14)15/h5-6H,1-4H3. The fraction of sp³-hybridized carbons (Fsp3) is 0.500. The molecule has 0 fully saturated rings. The first-order chi connectivity index (χ1) is 7.00. The van der Waals surface area contributed by atoms with E-state index in [4.69, 9.17) is 0 Å². The van der Waals surface area contributed by atoms with Crippen molar-refractivity contribution in [2.75, 3.05) is 0 Å². The van der Waals surface area contributed by atoms with Crippen LogP contribution in [0.25, 0.3) is 5.78 Å². The Balaban J connectivity index is 2.82. The van der Waals surface area contributed by atoms with Crippen molar-refractivity contribution >= 4 is 5.78 Å². The van der Waals surface area contributed by atoms with Gasteiger partial charge < -0.3 is 0 Å². The number of hydrogen-bond donors (Lipinski definition) is 0.